The van der Waals surface area contributed by atoms with E-state index in [0.717, 1.165) is 19.6 Å². The minimum absolute atomic E-state index is 0. The van der Waals surface area contributed by atoms with E-state index in [1.165, 1.54) is 43.5 Å². The number of carbonyl (C=O) groups excluding carboxylic acids is 1. The van der Waals surface area contributed by atoms with E-state index in [-0.39, 0.29) is 24.2 Å². The lowest BCUT2D eigenvalue weighted by molar-refractivity contribution is -0.125. The number of piperidine rings is 1. The molecule has 2 aliphatic rings. The number of hydrogen-bond donors (Lipinski definition) is 2. The molecule has 1 aromatic carbocycles. The van der Waals surface area contributed by atoms with Crippen molar-refractivity contribution in [2.45, 2.75) is 39.3 Å². The van der Waals surface area contributed by atoms with Gasteiger partial charge in [0.15, 0.2) is 0 Å². The maximum Gasteiger partial charge on any atom is 0.224 e. The van der Waals surface area contributed by atoms with E-state index in [1.807, 2.05) is 0 Å². The molecule has 2 heterocycles. The Morgan fingerprint density at radius 2 is 1.79 bits per heavy atom. The Morgan fingerprint density at radius 3 is 2.42 bits per heavy atom. The number of rotatable bonds is 5. The third-order valence-corrected chi connectivity index (χ3v) is 5.20. The van der Waals surface area contributed by atoms with Crippen molar-refractivity contribution in [3.63, 3.8) is 0 Å². The fourth-order valence-electron chi connectivity index (χ4n) is 3.62. The monoisotopic (exact) mass is 351 g/mol. The molecule has 0 unspecified atom stereocenters. The van der Waals surface area contributed by atoms with Crippen molar-refractivity contribution in [3.05, 3.63) is 35.4 Å². The summed E-state index contributed by atoms with van der Waals surface area (Å²) < 4.78 is 0. The summed E-state index contributed by atoms with van der Waals surface area (Å²) in [6, 6.07) is 8.71. The number of amides is 1. The van der Waals surface area contributed by atoms with Crippen LogP contribution in [0.1, 0.15) is 37.3 Å². The number of halogens is 1. The standard InChI is InChI=1S/C19H29N3O.ClH/c1-15-11-20-13-18(15)19(23)21-12-16-5-7-17(8-6-16)14-22-9-3-2-4-10-22;/h5-8,15,18,20H,2-4,9-14H2,1H3,(H,21,23);1H/t15-,18-;/m1./s1. The highest BCUT2D eigenvalue weighted by molar-refractivity contribution is 5.85. The zero-order valence-electron chi connectivity index (χ0n) is 14.6. The summed E-state index contributed by atoms with van der Waals surface area (Å²) in [4.78, 5) is 14.7. The Balaban J connectivity index is 0.00000208. The Hall–Kier alpha value is -1.10. The van der Waals surface area contributed by atoms with Crippen molar-refractivity contribution in [2.24, 2.45) is 11.8 Å². The van der Waals surface area contributed by atoms with Crippen LogP contribution in [0.25, 0.3) is 0 Å². The van der Waals surface area contributed by atoms with Crippen LogP contribution in [-0.4, -0.2) is 37.0 Å². The normalized spacial score (nSPS) is 24.4. The maximum absolute atomic E-state index is 12.2. The zero-order valence-corrected chi connectivity index (χ0v) is 15.4. The van der Waals surface area contributed by atoms with E-state index in [9.17, 15) is 4.79 Å². The average molecular weight is 352 g/mol. The van der Waals surface area contributed by atoms with Gasteiger partial charge in [0, 0.05) is 19.6 Å². The molecule has 0 saturated carbocycles. The average Bonchev–Trinajstić information content (AvgIpc) is 3.01. The van der Waals surface area contributed by atoms with E-state index in [4.69, 9.17) is 0 Å². The molecule has 0 aromatic heterocycles. The Kier molecular flexibility index (Phi) is 7.53. The van der Waals surface area contributed by atoms with Crippen LogP contribution >= 0.6 is 12.4 Å². The van der Waals surface area contributed by atoms with Crippen LogP contribution in [-0.2, 0) is 17.9 Å². The molecule has 3 rings (SSSR count). The van der Waals surface area contributed by atoms with Gasteiger partial charge in [0.25, 0.3) is 0 Å². The van der Waals surface area contributed by atoms with Crippen molar-refractivity contribution in [2.75, 3.05) is 26.2 Å². The number of hydrogen-bond acceptors (Lipinski definition) is 3. The van der Waals surface area contributed by atoms with Crippen LogP contribution in [0.3, 0.4) is 0 Å². The smallest absolute Gasteiger partial charge is 0.224 e. The van der Waals surface area contributed by atoms with Crippen LogP contribution < -0.4 is 10.6 Å². The van der Waals surface area contributed by atoms with Gasteiger partial charge in [-0.05, 0) is 49.5 Å². The van der Waals surface area contributed by atoms with Crippen LogP contribution in [0.4, 0.5) is 0 Å². The molecule has 0 bridgehead atoms. The van der Waals surface area contributed by atoms with Gasteiger partial charge in [0.2, 0.25) is 5.91 Å². The van der Waals surface area contributed by atoms with Gasteiger partial charge in [-0.3, -0.25) is 9.69 Å². The first-order chi connectivity index (χ1) is 11.2. The molecular weight excluding hydrogens is 322 g/mol. The summed E-state index contributed by atoms with van der Waals surface area (Å²) in [5.74, 6) is 0.732. The fourth-order valence-corrected chi connectivity index (χ4v) is 3.62. The van der Waals surface area contributed by atoms with Gasteiger partial charge in [0.05, 0.1) is 5.92 Å². The van der Waals surface area contributed by atoms with E-state index < -0.39 is 0 Å². The lowest BCUT2D eigenvalue weighted by Gasteiger charge is -2.26. The second kappa shape index (κ2) is 9.40. The molecule has 134 valence electrons. The summed E-state index contributed by atoms with van der Waals surface area (Å²) in [6.45, 7) is 8.03. The molecule has 0 radical (unpaired) electrons. The molecule has 0 aliphatic carbocycles. The molecule has 24 heavy (non-hydrogen) atoms. The Bertz CT molecular complexity index is 514. The lowest BCUT2D eigenvalue weighted by Crippen LogP contribution is -2.33. The van der Waals surface area contributed by atoms with Gasteiger partial charge in [-0.15, -0.1) is 12.4 Å². The first kappa shape index (κ1) is 19.2. The van der Waals surface area contributed by atoms with Crippen molar-refractivity contribution >= 4 is 18.3 Å². The first-order valence-electron chi connectivity index (χ1n) is 9.01. The molecule has 2 N–H and O–H groups in total. The Morgan fingerprint density at radius 1 is 1.12 bits per heavy atom. The van der Waals surface area contributed by atoms with E-state index in [0.29, 0.717) is 12.5 Å². The molecule has 2 atom stereocenters. The number of likely N-dealkylation sites (tertiary alicyclic amines) is 1. The number of nitrogens with one attached hydrogen (secondary N) is 2. The van der Waals surface area contributed by atoms with E-state index in [2.05, 4.69) is 46.7 Å². The molecular formula is C19H30ClN3O. The quantitative estimate of drug-likeness (QED) is 0.857. The van der Waals surface area contributed by atoms with Gasteiger partial charge in [-0.1, -0.05) is 37.6 Å². The number of benzene rings is 1. The molecule has 2 saturated heterocycles. The summed E-state index contributed by atoms with van der Waals surface area (Å²) in [5.41, 5.74) is 2.55. The number of carbonyl (C=O) groups is 1. The molecule has 1 amide bonds. The van der Waals surface area contributed by atoms with Crippen molar-refractivity contribution in [1.82, 2.24) is 15.5 Å². The molecule has 4 nitrogen and oxygen atoms in total. The van der Waals surface area contributed by atoms with Gasteiger partial charge in [-0.2, -0.15) is 0 Å². The predicted molar refractivity (Wildman–Crippen MR) is 100 cm³/mol. The molecule has 1 aromatic rings. The molecule has 2 fully saturated rings. The van der Waals surface area contributed by atoms with Gasteiger partial charge >= 0.3 is 0 Å². The molecule has 2 aliphatic heterocycles. The second-order valence-electron chi connectivity index (χ2n) is 7.11. The third kappa shape index (κ3) is 5.20. The summed E-state index contributed by atoms with van der Waals surface area (Å²) in [5, 5.41) is 6.36. The third-order valence-electron chi connectivity index (χ3n) is 5.20. The summed E-state index contributed by atoms with van der Waals surface area (Å²) in [7, 11) is 0. The van der Waals surface area contributed by atoms with Crippen LogP contribution in [0, 0.1) is 11.8 Å². The minimum atomic E-state index is 0. The second-order valence-corrected chi connectivity index (χ2v) is 7.11. The highest BCUT2D eigenvalue weighted by Crippen LogP contribution is 2.16. The zero-order chi connectivity index (χ0) is 16.1. The molecule has 0 spiro atoms. The largest absolute Gasteiger partial charge is 0.352 e. The van der Waals surface area contributed by atoms with E-state index >= 15 is 0 Å². The SMILES string of the molecule is C[C@@H]1CNC[C@H]1C(=O)NCc1ccc(CN2CCCCC2)cc1.Cl. The van der Waals surface area contributed by atoms with Crippen molar-refractivity contribution in [3.8, 4) is 0 Å². The molecule has 5 heteroatoms. The van der Waals surface area contributed by atoms with Crippen LogP contribution in [0.5, 0.6) is 0 Å². The van der Waals surface area contributed by atoms with Crippen LogP contribution in [0.15, 0.2) is 24.3 Å². The highest BCUT2D eigenvalue weighted by Gasteiger charge is 2.29. The van der Waals surface area contributed by atoms with Gasteiger partial charge < -0.3 is 10.6 Å². The maximum atomic E-state index is 12.2. The topological polar surface area (TPSA) is 44.4 Å². The predicted octanol–water partition coefficient (Wildman–Crippen LogP) is 2.57. The Labute approximate surface area is 151 Å². The van der Waals surface area contributed by atoms with Gasteiger partial charge in [-0.25, -0.2) is 0 Å². The fraction of sp³-hybridized carbons (Fsp3) is 0.632. The highest BCUT2D eigenvalue weighted by atomic mass is 35.5. The van der Waals surface area contributed by atoms with Gasteiger partial charge in [0.1, 0.15) is 0 Å². The summed E-state index contributed by atoms with van der Waals surface area (Å²) in [6.07, 6.45) is 4.04. The minimum Gasteiger partial charge on any atom is -0.352 e. The van der Waals surface area contributed by atoms with Crippen LogP contribution in [0.2, 0.25) is 0 Å². The number of nitrogens with zero attached hydrogens (tertiary/aromatic N) is 1. The van der Waals surface area contributed by atoms with Crippen molar-refractivity contribution < 1.29 is 4.79 Å². The summed E-state index contributed by atoms with van der Waals surface area (Å²) >= 11 is 0. The van der Waals surface area contributed by atoms with E-state index in [1.54, 1.807) is 0 Å². The lowest BCUT2D eigenvalue weighted by atomic mass is 9.97. The first-order valence-corrected chi connectivity index (χ1v) is 9.01. The van der Waals surface area contributed by atoms with Crippen molar-refractivity contribution in [1.29, 1.82) is 0 Å².